The van der Waals surface area contributed by atoms with Gasteiger partial charge in [-0.15, -0.1) is 0 Å². The molecule has 2 saturated heterocycles. The van der Waals surface area contributed by atoms with E-state index >= 15 is 0 Å². The Morgan fingerprint density at radius 1 is 1.71 bits per heavy atom. The van der Waals surface area contributed by atoms with Crippen LogP contribution in [0.25, 0.3) is 0 Å². The number of amidine groups is 1. The van der Waals surface area contributed by atoms with Crippen LogP contribution in [0.1, 0.15) is 19.8 Å². The number of amides is 2. The molecule has 0 aliphatic carbocycles. The highest BCUT2D eigenvalue weighted by Crippen LogP contribution is 2.36. The zero-order valence-corrected chi connectivity index (χ0v) is 9.12. The van der Waals surface area contributed by atoms with Crippen LogP contribution in [0.2, 0.25) is 0 Å². The molecule has 2 fully saturated rings. The van der Waals surface area contributed by atoms with Crippen molar-refractivity contribution < 1.29 is 4.79 Å². The van der Waals surface area contributed by atoms with E-state index in [4.69, 9.17) is 5.41 Å². The third-order valence-corrected chi connectivity index (χ3v) is 4.08. The average Bonchev–Trinajstić information content (AvgIpc) is 2.70. The van der Waals surface area contributed by atoms with Crippen molar-refractivity contribution in [2.45, 2.75) is 25.3 Å². The molecule has 78 valence electrons. The first-order chi connectivity index (χ1) is 6.70. The predicted molar refractivity (Wildman–Crippen MR) is 57.9 cm³/mol. The molecule has 0 aromatic rings. The van der Waals surface area contributed by atoms with Crippen LogP contribution in [-0.4, -0.2) is 40.4 Å². The fourth-order valence-corrected chi connectivity index (χ4v) is 3.53. The number of hydrogen-bond donors (Lipinski definition) is 2. The minimum Gasteiger partial charge on any atom is -0.311 e. The van der Waals surface area contributed by atoms with Gasteiger partial charge in [-0.3, -0.25) is 10.7 Å². The number of carbonyl (C=O) groups excluding carboxylic acids is 1. The Balaban J connectivity index is 2.26. The van der Waals surface area contributed by atoms with Crippen molar-refractivity contribution in [1.29, 1.82) is 5.41 Å². The maximum atomic E-state index is 11.6. The van der Waals surface area contributed by atoms with E-state index in [9.17, 15) is 4.79 Å². The van der Waals surface area contributed by atoms with Crippen molar-refractivity contribution >= 4 is 23.6 Å². The number of hydrogen-bond acceptors (Lipinski definition) is 3. The van der Waals surface area contributed by atoms with Crippen molar-refractivity contribution in [1.82, 2.24) is 10.2 Å². The van der Waals surface area contributed by atoms with Crippen LogP contribution in [0.5, 0.6) is 0 Å². The van der Waals surface area contributed by atoms with Gasteiger partial charge in [0.05, 0.1) is 0 Å². The van der Waals surface area contributed by atoms with E-state index in [-0.39, 0.29) is 11.6 Å². The van der Waals surface area contributed by atoms with E-state index in [0.717, 1.165) is 30.9 Å². The lowest BCUT2D eigenvalue weighted by molar-refractivity contribution is 0.182. The third kappa shape index (κ3) is 1.22. The van der Waals surface area contributed by atoms with Gasteiger partial charge in [0, 0.05) is 12.3 Å². The molecule has 2 amide bonds. The molecule has 0 aromatic heterocycles. The summed E-state index contributed by atoms with van der Waals surface area (Å²) in [5.41, 5.74) is -0.294. The number of urea groups is 1. The molecule has 0 bridgehead atoms. The Morgan fingerprint density at radius 2 is 2.50 bits per heavy atom. The van der Waals surface area contributed by atoms with E-state index in [1.54, 1.807) is 0 Å². The first-order valence-electron chi connectivity index (χ1n) is 4.96. The first-order valence-corrected chi connectivity index (χ1v) is 6.11. The lowest BCUT2D eigenvalue weighted by Gasteiger charge is -2.31. The summed E-state index contributed by atoms with van der Waals surface area (Å²) in [4.78, 5) is 13.4. The molecular weight excluding hydrogens is 198 g/mol. The van der Waals surface area contributed by atoms with Crippen LogP contribution in [0.15, 0.2) is 0 Å². The first kappa shape index (κ1) is 9.83. The summed E-state index contributed by atoms with van der Waals surface area (Å²) >= 11 is 1.83. The monoisotopic (exact) mass is 213 g/mol. The van der Waals surface area contributed by atoms with E-state index in [0.29, 0.717) is 5.84 Å². The van der Waals surface area contributed by atoms with E-state index in [2.05, 4.69) is 12.2 Å². The highest BCUT2D eigenvalue weighted by Gasteiger charge is 2.51. The minimum atomic E-state index is -0.294. The fraction of sp³-hybridized carbons (Fsp3) is 0.778. The molecule has 0 radical (unpaired) electrons. The summed E-state index contributed by atoms with van der Waals surface area (Å²) in [7, 11) is 0. The molecule has 2 aliphatic heterocycles. The lowest BCUT2D eigenvalue weighted by atomic mass is 9.97. The van der Waals surface area contributed by atoms with Gasteiger partial charge in [-0.2, -0.15) is 11.8 Å². The van der Waals surface area contributed by atoms with E-state index < -0.39 is 0 Å². The van der Waals surface area contributed by atoms with Gasteiger partial charge in [-0.05, 0) is 18.6 Å². The predicted octanol–water partition coefficient (Wildman–Crippen LogP) is 1.27. The Bertz CT molecular complexity index is 273. The molecule has 5 heteroatoms. The smallest absolute Gasteiger partial charge is 0.311 e. The van der Waals surface area contributed by atoms with Crippen molar-refractivity contribution in [2.75, 3.05) is 18.1 Å². The molecule has 14 heavy (non-hydrogen) atoms. The number of rotatable bonds is 2. The van der Waals surface area contributed by atoms with Gasteiger partial charge in [0.15, 0.2) is 0 Å². The molecule has 2 aliphatic rings. The van der Waals surface area contributed by atoms with Crippen LogP contribution in [-0.2, 0) is 0 Å². The molecule has 2 rings (SSSR count). The van der Waals surface area contributed by atoms with Gasteiger partial charge in [0.25, 0.3) is 0 Å². The van der Waals surface area contributed by atoms with E-state index in [1.165, 1.54) is 0 Å². The molecule has 0 saturated carbocycles. The molecule has 0 aromatic carbocycles. The molecule has 1 unspecified atom stereocenters. The zero-order chi connectivity index (χ0) is 10.2. The van der Waals surface area contributed by atoms with Crippen LogP contribution in [0.3, 0.4) is 0 Å². The molecule has 2 heterocycles. The summed E-state index contributed by atoms with van der Waals surface area (Å²) < 4.78 is 0. The second-order valence-corrected chi connectivity index (χ2v) is 4.90. The normalized spacial score (nSPS) is 31.6. The maximum Gasteiger partial charge on any atom is 0.323 e. The lowest BCUT2D eigenvalue weighted by Crippen LogP contribution is -2.49. The highest BCUT2D eigenvalue weighted by atomic mass is 32.2. The number of nitrogens with one attached hydrogen (secondary N) is 2. The van der Waals surface area contributed by atoms with Crippen molar-refractivity contribution in [3.8, 4) is 0 Å². The van der Waals surface area contributed by atoms with Gasteiger partial charge >= 0.3 is 6.03 Å². The van der Waals surface area contributed by atoms with Crippen LogP contribution >= 0.6 is 11.8 Å². The molecular formula is C9H15N3OS. The summed E-state index contributed by atoms with van der Waals surface area (Å²) in [6.07, 6.45) is 1.88. The van der Waals surface area contributed by atoms with Gasteiger partial charge in [0.2, 0.25) is 0 Å². The number of carbonyl (C=O) groups is 1. The maximum absolute atomic E-state index is 11.6. The van der Waals surface area contributed by atoms with Gasteiger partial charge in [0.1, 0.15) is 11.4 Å². The van der Waals surface area contributed by atoms with Gasteiger partial charge in [-0.1, -0.05) is 6.92 Å². The molecule has 1 atom stereocenters. The second kappa shape index (κ2) is 3.46. The average molecular weight is 213 g/mol. The molecule has 2 N–H and O–H groups in total. The third-order valence-electron chi connectivity index (χ3n) is 2.91. The van der Waals surface area contributed by atoms with Gasteiger partial charge in [-0.25, -0.2) is 4.79 Å². The Morgan fingerprint density at radius 3 is 3.07 bits per heavy atom. The van der Waals surface area contributed by atoms with Crippen molar-refractivity contribution in [2.24, 2.45) is 0 Å². The Hall–Kier alpha value is -0.710. The zero-order valence-electron chi connectivity index (χ0n) is 8.30. The Kier molecular flexibility index (Phi) is 2.43. The van der Waals surface area contributed by atoms with E-state index in [1.807, 2.05) is 16.7 Å². The standard InChI is InChI=1S/C9H15N3OS/c1-2-4-12-8(13)11-7(10)9(12)3-5-14-6-9/h2-6H2,1H3,(H2,10,11,13). The van der Waals surface area contributed by atoms with Crippen LogP contribution in [0.4, 0.5) is 4.79 Å². The largest absolute Gasteiger partial charge is 0.323 e. The minimum absolute atomic E-state index is 0.0839. The topological polar surface area (TPSA) is 56.2 Å². The van der Waals surface area contributed by atoms with Crippen molar-refractivity contribution in [3.05, 3.63) is 0 Å². The number of thioether (sulfide) groups is 1. The van der Waals surface area contributed by atoms with Crippen LogP contribution in [0, 0.1) is 5.41 Å². The summed E-state index contributed by atoms with van der Waals surface area (Å²) in [6.45, 7) is 2.82. The highest BCUT2D eigenvalue weighted by molar-refractivity contribution is 7.99. The summed E-state index contributed by atoms with van der Waals surface area (Å²) in [5.74, 6) is 2.34. The summed E-state index contributed by atoms with van der Waals surface area (Å²) in [6, 6.07) is -0.0839. The molecule has 4 nitrogen and oxygen atoms in total. The fourth-order valence-electron chi connectivity index (χ4n) is 2.12. The summed E-state index contributed by atoms with van der Waals surface area (Å²) in [5, 5.41) is 10.5. The number of nitrogens with zero attached hydrogens (tertiary/aromatic N) is 1. The Labute approximate surface area is 87.9 Å². The van der Waals surface area contributed by atoms with Crippen LogP contribution < -0.4 is 5.32 Å². The van der Waals surface area contributed by atoms with Gasteiger partial charge < -0.3 is 4.90 Å². The quantitative estimate of drug-likeness (QED) is 0.726. The second-order valence-electron chi connectivity index (χ2n) is 3.79. The SMILES string of the molecule is CCCN1C(=O)NC(=N)C12CCSC2. The molecule has 1 spiro atoms. The van der Waals surface area contributed by atoms with Crippen molar-refractivity contribution in [3.63, 3.8) is 0 Å².